The molecule has 0 spiro atoms. The van der Waals surface area contributed by atoms with Crippen molar-refractivity contribution in [2.75, 3.05) is 13.2 Å². The van der Waals surface area contributed by atoms with Crippen molar-refractivity contribution in [3.05, 3.63) is 35.4 Å². The maximum Gasteiger partial charge on any atom is 0.0719 e. The Bertz CT molecular complexity index is 339. The summed E-state index contributed by atoms with van der Waals surface area (Å²) in [4.78, 5) is 0. The lowest BCUT2D eigenvalue weighted by atomic mass is 10.1. The number of ether oxygens (including phenoxy) is 1. The Hall–Kier alpha value is -0.900. The minimum absolute atomic E-state index is 0.288. The average Bonchev–Trinajstić information content (AvgIpc) is 2.37. The van der Waals surface area contributed by atoms with Gasteiger partial charge in [0.15, 0.2) is 0 Å². The van der Waals surface area contributed by atoms with Crippen LogP contribution < -0.4 is 5.32 Å². The van der Waals surface area contributed by atoms with E-state index in [1.165, 1.54) is 11.1 Å². The van der Waals surface area contributed by atoms with Gasteiger partial charge in [-0.1, -0.05) is 38.1 Å². The highest BCUT2D eigenvalue weighted by Crippen LogP contribution is 2.10. The minimum atomic E-state index is -0.288. The molecule has 3 heteroatoms. The van der Waals surface area contributed by atoms with Crippen LogP contribution >= 0.6 is 0 Å². The lowest BCUT2D eigenvalue weighted by molar-refractivity contribution is 0.122. The summed E-state index contributed by atoms with van der Waals surface area (Å²) in [5.41, 5.74) is 2.45. The molecular formula is C15H25NO2. The van der Waals surface area contributed by atoms with E-state index in [4.69, 9.17) is 4.74 Å². The van der Waals surface area contributed by atoms with Crippen LogP contribution in [0, 0.1) is 5.92 Å². The molecule has 102 valence electrons. The summed E-state index contributed by atoms with van der Waals surface area (Å²) in [5, 5.41) is 13.0. The predicted molar refractivity (Wildman–Crippen MR) is 74.3 cm³/mol. The van der Waals surface area contributed by atoms with Gasteiger partial charge in [-0.3, -0.25) is 0 Å². The summed E-state index contributed by atoms with van der Waals surface area (Å²) in [6.45, 7) is 8.83. The van der Waals surface area contributed by atoms with E-state index in [0.717, 1.165) is 13.2 Å². The highest BCUT2D eigenvalue weighted by atomic mass is 16.5. The molecule has 18 heavy (non-hydrogen) atoms. The lowest BCUT2D eigenvalue weighted by Crippen LogP contribution is -2.30. The smallest absolute Gasteiger partial charge is 0.0719 e. The molecule has 1 aromatic carbocycles. The monoisotopic (exact) mass is 251 g/mol. The number of nitrogens with one attached hydrogen (secondary N) is 1. The topological polar surface area (TPSA) is 41.5 Å². The van der Waals surface area contributed by atoms with E-state index in [1.54, 1.807) is 0 Å². The third-order valence-corrected chi connectivity index (χ3v) is 3.02. The van der Waals surface area contributed by atoms with Crippen LogP contribution in [0.1, 0.15) is 31.9 Å². The highest BCUT2D eigenvalue weighted by Gasteiger charge is 2.08. The first-order valence-electron chi connectivity index (χ1n) is 6.68. The number of rotatable bonds is 8. The Morgan fingerprint density at radius 3 is 2.50 bits per heavy atom. The van der Waals surface area contributed by atoms with Crippen molar-refractivity contribution in [3.8, 4) is 0 Å². The Morgan fingerprint density at radius 1 is 1.22 bits per heavy atom. The second-order valence-electron chi connectivity index (χ2n) is 4.85. The van der Waals surface area contributed by atoms with Crippen LogP contribution in [0.5, 0.6) is 0 Å². The molecule has 1 atom stereocenters. The molecule has 1 rings (SSSR count). The van der Waals surface area contributed by atoms with Gasteiger partial charge in [0.05, 0.1) is 12.7 Å². The van der Waals surface area contributed by atoms with Crippen LogP contribution in [0.3, 0.4) is 0 Å². The van der Waals surface area contributed by atoms with Gasteiger partial charge < -0.3 is 15.2 Å². The molecule has 0 aliphatic rings. The van der Waals surface area contributed by atoms with Crippen LogP contribution in [0.2, 0.25) is 0 Å². The zero-order valence-electron chi connectivity index (χ0n) is 11.6. The summed E-state index contributed by atoms with van der Waals surface area (Å²) in [5.74, 6) is 0.288. The van der Waals surface area contributed by atoms with Crippen molar-refractivity contribution in [1.82, 2.24) is 5.32 Å². The van der Waals surface area contributed by atoms with E-state index in [-0.39, 0.29) is 12.0 Å². The van der Waals surface area contributed by atoms with Crippen molar-refractivity contribution < 1.29 is 9.84 Å². The summed E-state index contributed by atoms with van der Waals surface area (Å²) in [6.07, 6.45) is -0.288. The Labute approximate surface area is 110 Å². The maximum atomic E-state index is 9.73. The number of hydrogen-bond acceptors (Lipinski definition) is 3. The van der Waals surface area contributed by atoms with Crippen LogP contribution in [0.15, 0.2) is 24.3 Å². The third-order valence-electron chi connectivity index (χ3n) is 3.02. The standard InChI is InChI=1S/C15H25NO2/c1-4-18-11-14-8-6-5-7-13(14)9-16-10-15(17)12(2)3/h5-8,12,15-17H,4,9-11H2,1-3H3. The van der Waals surface area contributed by atoms with Crippen molar-refractivity contribution >= 4 is 0 Å². The number of hydrogen-bond donors (Lipinski definition) is 2. The zero-order chi connectivity index (χ0) is 13.4. The maximum absolute atomic E-state index is 9.73. The van der Waals surface area contributed by atoms with Gasteiger partial charge in [-0.2, -0.15) is 0 Å². The van der Waals surface area contributed by atoms with Gasteiger partial charge in [0.25, 0.3) is 0 Å². The molecule has 1 aromatic rings. The first-order valence-corrected chi connectivity index (χ1v) is 6.68. The molecule has 2 N–H and O–H groups in total. The first kappa shape index (κ1) is 15.2. The fourth-order valence-corrected chi connectivity index (χ4v) is 1.67. The molecule has 3 nitrogen and oxygen atoms in total. The van der Waals surface area contributed by atoms with Crippen molar-refractivity contribution in [2.45, 2.75) is 40.0 Å². The Kier molecular flexibility index (Phi) is 6.94. The third kappa shape index (κ3) is 5.17. The largest absolute Gasteiger partial charge is 0.392 e. The van der Waals surface area contributed by atoms with E-state index in [2.05, 4.69) is 17.4 Å². The normalized spacial score (nSPS) is 12.9. The molecule has 0 aromatic heterocycles. The fraction of sp³-hybridized carbons (Fsp3) is 0.600. The van der Waals surface area contributed by atoms with E-state index < -0.39 is 0 Å². The molecule has 0 amide bonds. The fourth-order valence-electron chi connectivity index (χ4n) is 1.67. The second kappa shape index (κ2) is 8.25. The molecular weight excluding hydrogens is 226 g/mol. The van der Waals surface area contributed by atoms with E-state index in [9.17, 15) is 5.11 Å². The number of benzene rings is 1. The molecule has 0 heterocycles. The van der Waals surface area contributed by atoms with Gasteiger partial charge in [-0.05, 0) is 24.0 Å². The molecule has 0 radical (unpaired) electrons. The van der Waals surface area contributed by atoms with E-state index in [1.807, 2.05) is 32.9 Å². The molecule has 1 unspecified atom stereocenters. The van der Waals surface area contributed by atoms with Gasteiger partial charge in [-0.15, -0.1) is 0 Å². The Balaban J connectivity index is 2.45. The first-order chi connectivity index (χ1) is 8.65. The highest BCUT2D eigenvalue weighted by molar-refractivity contribution is 5.26. The summed E-state index contributed by atoms with van der Waals surface area (Å²) in [7, 11) is 0. The van der Waals surface area contributed by atoms with Crippen molar-refractivity contribution in [1.29, 1.82) is 0 Å². The average molecular weight is 251 g/mol. The second-order valence-corrected chi connectivity index (χ2v) is 4.85. The SMILES string of the molecule is CCOCc1ccccc1CNCC(O)C(C)C. The molecule has 0 saturated carbocycles. The zero-order valence-corrected chi connectivity index (χ0v) is 11.6. The van der Waals surface area contributed by atoms with Crippen LogP contribution in [-0.2, 0) is 17.9 Å². The number of aliphatic hydroxyl groups is 1. The van der Waals surface area contributed by atoms with E-state index >= 15 is 0 Å². The summed E-state index contributed by atoms with van der Waals surface area (Å²) >= 11 is 0. The molecule has 0 saturated heterocycles. The van der Waals surface area contributed by atoms with Crippen LogP contribution in [0.4, 0.5) is 0 Å². The van der Waals surface area contributed by atoms with E-state index in [0.29, 0.717) is 13.2 Å². The lowest BCUT2D eigenvalue weighted by Gasteiger charge is -2.16. The quantitative estimate of drug-likeness (QED) is 0.745. The molecule has 0 aliphatic carbocycles. The van der Waals surface area contributed by atoms with Gasteiger partial charge in [-0.25, -0.2) is 0 Å². The molecule has 0 bridgehead atoms. The van der Waals surface area contributed by atoms with Crippen molar-refractivity contribution in [2.24, 2.45) is 5.92 Å². The Morgan fingerprint density at radius 2 is 1.89 bits per heavy atom. The summed E-state index contributed by atoms with van der Waals surface area (Å²) in [6, 6.07) is 8.25. The summed E-state index contributed by atoms with van der Waals surface area (Å²) < 4.78 is 5.45. The minimum Gasteiger partial charge on any atom is -0.392 e. The van der Waals surface area contributed by atoms with Crippen LogP contribution in [-0.4, -0.2) is 24.4 Å². The predicted octanol–water partition coefficient (Wildman–Crippen LogP) is 2.33. The van der Waals surface area contributed by atoms with Crippen molar-refractivity contribution in [3.63, 3.8) is 0 Å². The number of aliphatic hydroxyl groups excluding tert-OH is 1. The van der Waals surface area contributed by atoms with Gasteiger partial charge in [0, 0.05) is 19.7 Å². The molecule has 0 aliphatic heterocycles. The van der Waals surface area contributed by atoms with Crippen LogP contribution in [0.25, 0.3) is 0 Å². The van der Waals surface area contributed by atoms with Gasteiger partial charge in [0.1, 0.15) is 0 Å². The van der Waals surface area contributed by atoms with Gasteiger partial charge in [0.2, 0.25) is 0 Å². The van der Waals surface area contributed by atoms with Gasteiger partial charge >= 0.3 is 0 Å². The molecule has 0 fully saturated rings.